The van der Waals surface area contributed by atoms with Gasteiger partial charge in [-0.1, -0.05) is 0 Å². The van der Waals surface area contributed by atoms with Crippen LogP contribution in [0.4, 0.5) is 0 Å². The first-order valence-corrected chi connectivity index (χ1v) is 10.7. The molecule has 0 N–H and O–H groups in total. The summed E-state index contributed by atoms with van der Waals surface area (Å²) in [4.78, 5) is 0. The Bertz CT molecular complexity index is 476. The Morgan fingerprint density at radius 3 is 1.69 bits per heavy atom. The lowest BCUT2D eigenvalue weighted by Crippen LogP contribution is -2.16. The molecule has 0 radical (unpaired) electrons. The maximum atomic E-state index is 13.1. The molecule has 0 amide bonds. The summed E-state index contributed by atoms with van der Waals surface area (Å²) in [6, 6.07) is 0. The fourth-order valence-electron chi connectivity index (χ4n) is 2.00. The fraction of sp³-hybridized carbons (Fsp3) is 0.833. The summed E-state index contributed by atoms with van der Waals surface area (Å²) in [6.45, 7) is 14.6. The van der Waals surface area contributed by atoms with E-state index in [0.717, 1.165) is 5.57 Å². The summed E-state index contributed by atoms with van der Waals surface area (Å²) in [7, 11) is -3.50. The summed E-state index contributed by atoms with van der Waals surface area (Å²) in [6.07, 6.45) is -0.775. The zero-order chi connectivity index (χ0) is 20.0. The number of hydrogen-bond acceptors (Lipinski definition) is 7. The SMILES string of the molecule is CCOC(C)OCC(C)=C=C(COC(C)OCC)P(=O)(OCC)OCC. The van der Waals surface area contributed by atoms with Crippen molar-refractivity contribution in [3.8, 4) is 0 Å². The highest BCUT2D eigenvalue weighted by molar-refractivity contribution is 7.58. The van der Waals surface area contributed by atoms with Crippen LogP contribution in [0.5, 0.6) is 0 Å². The smallest absolute Gasteiger partial charge is 0.353 e. The lowest BCUT2D eigenvalue weighted by atomic mass is 10.3. The minimum absolute atomic E-state index is 0.0246. The second-order valence-corrected chi connectivity index (χ2v) is 7.40. The van der Waals surface area contributed by atoms with Crippen molar-refractivity contribution in [2.75, 3.05) is 39.6 Å². The third-order valence-corrected chi connectivity index (χ3v) is 5.18. The van der Waals surface area contributed by atoms with E-state index >= 15 is 0 Å². The standard InChI is InChI=1S/C18H35O7P/c1-8-20-16(6)22-13-15(5)12-18(14-23-17(7)21-9-2)26(19,24-10-3)25-11-4/h16-17H,8-11,13-14H2,1-7H3. The van der Waals surface area contributed by atoms with Crippen molar-refractivity contribution in [1.82, 2.24) is 0 Å². The minimum Gasteiger partial charge on any atom is -0.353 e. The van der Waals surface area contributed by atoms with Crippen LogP contribution in [0.2, 0.25) is 0 Å². The van der Waals surface area contributed by atoms with Gasteiger partial charge in [-0.25, -0.2) is 0 Å². The van der Waals surface area contributed by atoms with Gasteiger partial charge in [-0.2, -0.15) is 0 Å². The molecule has 26 heavy (non-hydrogen) atoms. The van der Waals surface area contributed by atoms with Gasteiger partial charge >= 0.3 is 7.60 Å². The third kappa shape index (κ3) is 10.6. The van der Waals surface area contributed by atoms with Crippen LogP contribution >= 0.6 is 7.60 Å². The fourth-order valence-corrected chi connectivity index (χ4v) is 3.63. The molecule has 0 fully saturated rings. The number of hydrogen-bond donors (Lipinski definition) is 0. The monoisotopic (exact) mass is 394 g/mol. The van der Waals surface area contributed by atoms with Crippen molar-refractivity contribution in [2.24, 2.45) is 0 Å². The van der Waals surface area contributed by atoms with E-state index in [0.29, 0.717) is 18.5 Å². The van der Waals surface area contributed by atoms with Crippen molar-refractivity contribution in [3.05, 3.63) is 16.6 Å². The molecule has 0 heterocycles. The van der Waals surface area contributed by atoms with Crippen molar-refractivity contribution in [2.45, 2.75) is 61.0 Å². The van der Waals surface area contributed by atoms with Crippen LogP contribution in [-0.2, 0) is 32.6 Å². The molecule has 154 valence electrons. The second-order valence-electron chi connectivity index (χ2n) is 5.35. The lowest BCUT2D eigenvalue weighted by Gasteiger charge is -2.20. The van der Waals surface area contributed by atoms with Gasteiger partial charge in [0, 0.05) is 13.2 Å². The lowest BCUT2D eigenvalue weighted by molar-refractivity contribution is -0.120. The Kier molecular flexibility index (Phi) is 14.3. The van der Waals surface area contributed by atoms with Crippen LogP contribution in [0, 0.1) is 0 Å². The Morgan fingerprint density at radius 2 is 1.27 bits per heavy atom. The Morgan fingerprint density at radius 1 is 0.808 bits per heavy atom. The van der Waals surface area contributed by atoms with Crippen molar-refractivity contribution >= 4 is 7.60 Å². The Balaban J connectivity index is 5.44. The first-order valence-electron chi connectivity index (χ1n) is 9.14. The van der Waals surface area contributed by atoms with Gasteiger partial charge in [0.15, 0.2) is 12.6 Å². The molecule has 2 unspecified atom stereocenters. The predicted molar refractivity (Wildman–Crippen MR) is 101 cm³/mol. The molecule has 7 nitrogen and oxygen atoms in total. The molecule has 0 aromatic heterocycles. The maximum Gasteiger partial charge on any atom is 0.367 e. The van der Waals surface area contributed by atoms with Gasteiger partial charge in [0.25, 0.3) is 0 Å². The summed E-state index contributed by atoms with van der Waals surface area (Å²) in [5.74, 6) is 0. The van der Waals surface area contributed by atoms with Gasteiger partial charge in [0.05, 0.1) is 26.4 Å². The third-order valence-electron chi connectivity index (χ3n) is 3.08. The van der Waals surface area contributed by atoms with Crippen LogP contribution in [-0.4, -0.2) is 52.2 Å². The average Bonchev–Trinajstić information content (AvgIpc) is 2.57. The Hall–Kier alpha value is -0.490. The van der Waals surface area contributed by atoms with Crippen LogP contribution in [0.1, 0.15) is 48.5 Å². The van der Waals surface area contributed by atoms with Crippen molar-refractivity contribution < 1.29 is 32.6 Å². The highest BCUT2D eigenvalue weighted by Gasteiger charge is 2.30. The molecular formula is C18H35O7P. The van der Waals surface area contributed by atoms with Crippen molar-refractivity contribution in [1.29, 1.82) is 0 Å². The van der Waals surface area contributed by atoms with E-state index in [9.17, 15) is 4.57 Å². The van der Waals surface area contributed by atoms with E-state index in [4.69, 9.17) is 28.0 Å². The van der Waals surface area contributed by atoms with E-state index < -0.39 is 13.9 Å². The highest BCUT2D eigenvalue weighted by Crippen LogP contribution is 2.55. The molecule has 0 aliphatic carbocycles. The number of rotatable bonds is 15. The van der Waals surface area contributed by atoms with Gasteiger partial charge in [-0.3, -0.25) is 4.57 Å². The summed E-state index contributed by atoms with van der Waals surface area (Å²) >= 11 is 0. The molecule has 0 saturated heterocycles. The van der Waals surface area contributed by atoms with Gasteiger partial charge in [-0.15, -0.1) is 5.73 Å². The van der Waals surface area contributed by atoms with E-state index in [1.165, 1.54) is 0 Å². The predicted octanol–water partition coefficient (Wildman–Crippen LogP) is 4.48. The maximum absolute atomic E-state index is 13.1. The second kappa shape index (κ2) is 14.6. The largest absolute Gasteiger partial charge is 0.367 e. The van der Waals surface area contributed by atoms with Crippen LogP contribution in [0.25, 0.3) is 0 Å². The van der Waals surface area contributed by atoms with E-state index in [-0.39, 0.29) is 32.7 Å². The van der Waals surface area contributed by atoms with Gasteiger partial charge < -0.3 is 28.0 Å². The normalized spacial score (nSPS) is 14.0. The van der Waals surface area contributed by atoms with Gasteiger partial charge in [-0.05, 0) is 54.0 Å². The summed E-state index contributed by atoms with van der Waals surface area (Å²) < 4.78 is 45.8. The minimum atomic E-state index is -3.50. The molecule has 2 atom stereocenters. The molecule has 0 aromatic carbocycles. The molecule has 0 spiro atoms. The quantitative estimate of drug-likeness (QED) is 0.230. The molecule has 0 bridgehead atoms. The highest BCUT2D eigenvalue weighted by atomic mass is 31.2. The summed E-state index contributed by atoms with van der Waals surface area (Å²) in [5.41, 5.74) is 3.82. The van der Waals surface area contributed by atoms with Gasteiger partial charge in [0.1, 0.15) is 5.31 Å². The molecule has 0 aliphatic rings. The molecule has 0 aliphatic heterocycles. The molecule has 0 aromatic rings. The molecular weight excluding hydrogens is 359 g/mol. The molecule has 8 heteroatoms. The number of ether oxygens (including phenoxy) is 4. The topological polar surface area (TPSA) is 72.5 Å². The first-order chi connectivity index (χ1) is 12.3. The van der Waals surface area contributed by atoms with Crippen LogP contribution in [0.15, 0.2) is 16.6 Å². The van der Waals surface area contributed by atoms with Crippen LogP contribution in [0.3, 0.4) is 0 Å². The first kappa shape index (κ1) is 25.5. The van der Waals surface area contributed by atoms with E-state index in [1.807, 2.05) is 27.7 Å². The van der Waals surface area contributed by atoms with Gasteiger partial charge in [0.2, 0.25) is 0 Å². The molecule has 0 saturated carbocycles. The van der Waals surface area contributed by atoms with Crippen molar-refractivity contribution in [3.63, 3.8) is 0 Å². The average molecular weight is 394 g/mol. The molecule has 0 rings (SSSR count). The zero-order valence-electron chi connectivity index (χ0n) is 17.2. The van der Waals surface area contributed by atoms with E-state index in [2.05, 4.69) is 5.73 Å². The Labute approximate surface area is 158 Å². The van der Waals surface area contributed by atoms with E-state index in [1.54, 1.807) is 20.8 Å². The zero-order valence-corrected chi connectivity index (χ0v) is 18.1. The summed E-state index contributed by atoms with van der Waals surface area (Å²) in [5, 5.41) is 0.318. The van der Waals surface area contributed by atoms with Crippen LogP contribution < -0.4 is 0 Å².